The van der Waals surface area contributed by atoms with Gasteiger partial charge in [-0.15, -0.1) is 0 Å². The predicted octanol–water partition coefficient (Wildman–Crippen LogP) is 1.62. The van der Waals surface area contributed by atoms with Crippen molar-refractivity contribution in [2.45, 2.75) is 12.5 Å². The standard InChI is InChI=1S/C11H14N2/c1-2-8-3-4-11-9(5-8)6-10(12)7-13-11/h2-5,10,13H,1,6-7,12H2/t10-/m0/s1. The summed E-state index contributed by atoms with van der Waals surface area (Å²) >= 11 is 0. The number of rotatable bonds is 1. The van der Waals surface area contributed by atoms with Gasteiger partial charge in [0.15, 0.2) is 0 Å². The van der Waals surface area contributed by atoms with E-state index in [4.69, 9.17) is 5.73 Å². The molecule has 0 aliphatic carbocycles. The monoisotopic (exact) mass is 174 g/mol. The van der Waals surface area contributed by atoms with Crippen LogP contribution in [0.3, 0.4) is 0 Å². The molecule has 0 amide bonds. The molecule has 0 radical (unpaired) electrons. The molecular formula is C11H14N2. The highest BCUT2D eigenvalue weighted by molar-refractivity contribution is 5.60. The first-order valence-corrected chi connectivity index (χ1v) is 4.54. The van der Waals surface area contributed by atoms with Crippen molar-refractivity contribution in [3.05, 3.63) is 35.9 Å². The minimum atomic E-state index is 0.243. The molecule has 13 heavy (non-hydrogen) atoms. The van der Waals surface area contributed by atoms with Crippen molar-refractivity contribution in [1.29, 1.82) is 0 Å². The van der Waals surface area contributed by atoms with E-state index in [2.05, 4.69) is 30.1 Å². The molecule has 0 saturated carbocycles. The van der Waals surface area contributed by atoms with Crippen LogP contribution in [0.25, 0.3) is 6.08 Å². The summed E-state index contributed by atoms with van der Waals surface area (Å²) in [5, 5.41) is 3.30. The molecule has 0 fully saturated rings. The molecule has 0 aromatic heterocycles. The van der Waals surface area contributed by atoms with Crippen molar-refractivity contribution < 1.29 is 0 Å². The fourth-order valence-electron chi connectivity index (χ4n) is 1.68. The van der Waals surface area contributed by atoms with E-state index in [1.165, 1.54) is 11.3 Å². The molecule has 0 saturated heterocycles. The van der Waals surface area contributed by atoms with Gasteiger partial charge < -0.3 is 11.1 Å². The Balaban J connectivity index is 2.38. The van der Waals surface area contributed by atoms with Crippen LogP contribution in [0.4, 0.5) is 5.69 Å². The van der Waals surface area contributed by atoms with Crippen LogP contribution in [0.1, 0.15) is 11.1 Å². The van der Waals surface area contributed by atoms with E-state index in [0.717, 1.165) is 18.5 Å². The van der Waals surface area contributed by atoms with Crippen molar-refractivity contribution in [2.24, 2.45) is 5.73 Å². The van der Waals surface area contributed by atoms with E-state index in [0.29, 0.717) is 0 Å². The third-order valence-electron chi connectivity index (χ3n) is 2.40. The second-order valence-corrected chi connectivity index (χ2v) is 3.47. The number of hydrogen-bond acceptors (Lipinski definition) is 2. The Morgan fingerprint density at radius 2 is 2.38 bits per heavy atom. The molecule has 2 nitrogen and oxygen atoms in total. The predicted molar refractivity (Wildman–Crippen MR) is 56.7 cm³/mol. The molecule has 1 atom stereocenters. The molecule has 3 N–H and O–H groups in total. The maximum absolute atomic E-state index is 5.85. The van der Waals surface area contributed by atoms with E-state index < -0.39 is 0 Å². The fourth-order valence-corrected chi connectivity index (χ4v) is 1.68. The summed E-state index contributed by atoms with van der Waals surface area (Å²) in [5.74, 6) is 0. The van der Waals surface area contributed by atoms with E-state index in [1.807, 2.05) is 6.08 Å². The average Bonchev–Trinajstić information content (AvgIpc) is 2.16. The lowest BCUT2D eigenvalue weighted by Crippen LogP contribution is -2.35. The summed E-state index contributed by atoms with van der Waals surface area (Å²) < 4.78 is 0. The highest BCUT2D eigenvalue weighted by Gasteiger charge is 2.13. The van der Waals surface area contributed by atoms with E-state index in [9.17, 15) is 0 Å². The Kier molecular flexibility index (Phi) is 2.07. The van der Waals surface area contributed by atoms with Crippen LogP contribution in [0.15, 0.2) is 24.8 Å². The lowest BCUT2D eigenvalue weighted by Gasteiger charge is -2.23. The normalized spacial score (nSPS) is 20.2. The first-order valence-electron chi connectivity index (χ1n) is 4.54. The summed E-state index contributed by atoms with van der Waals surface area (Å²) in [6, 6.07) is 6.55. The molecule has 2 rings (SSSR count). The summed E-state index contributed by atoms with van der Waals surface area (Å²) in [5.41, 5.74) is 9.53. The quantitative estimate of drug-likeness (QED) is 0.679. The molecule has 68 valence electrons. The molecule has 1 aliphatic rings. The van der Waals surface area contributed by atoms with Crippen molar-refractivity contribution in [1.82, 2.24) is 0 Å². The smallest absolute Gasteiger partial charge is 0.0374 e. The van der Waals surface area contributed by atoms with Gasteiger partial charge in [-0.05, 0) is 29.7 Å². The van der Waals surface area contributed by atoms with Crippen LogP contribution in [-0.4, -0.2) is 12.6 Å². The Morgan fingerprint density at radius 3 is 3.15 bits per heavy atom. The molecule has 1 aromatic carbocycles. The Morgan fingerprint density at radius 1 is 1.54 bits per heavy atom. The van der Waals surface area contributed by atoms with Gasteiger partial charge in [-0.1, -0.05) is 18.7 Å². The molecule has 0 bridgehead atoms. The second kappa shape index (κ2) is 3.23. The fraction of sp³-hybridized carbons (Fsp3) is 0.273. The van der Waals surface area contributed by atoms with E-state index >= 15 is 0 Å². The van der Waals surface area contributed by atoms with Crippen molar-refractivity contribution >= 4 is 11.8 Å². The minimum absolute atomic E-state index is 0.243. The molecular weight excluding hydrogens is 160 g/mol. The van der Waals surface area contributed by atoms with Crippen LogP contribution >= 0.6 is 0 Å². The van der Waals surface area contributed by atoms with E-state index in [-0.39, 0.29) is 6.04 Å². The van der Waals surface area contributed by atoms with Crippen LogP contribution in [-0.2, 0) is 6.42 Å². The van der Waals surface area contributed by atoms with Gasteiger partial charge >= 0.3 is 0 Å². The summed E-state index contributed by atoms with van der Waals surface area (Å²) in [6.45, 7) is 4.62. The lowest BCUT2D eigenvalue weighted by atomic mass is 9.98. The van der Waals surface area contributed by atoms with Crippen LogP contribution in [0.2, 0.25) is 0 Å². The van der Waals surface area contributed by atoms with Crippen molar-refractivity contribution in [3.8, 4) is 0 Å². The Bertz CT molecular complexity index is 331. The highest BCUT2D eigenvalue weighted by atomic mass is 14.9. The van der Waals surface area contributed by atoms with Gasteiger partial charge in [0.05, 0.1) is 0 Å². The van der Waals surface area contributed by atoms with Crippen molar-refractivity contribution in [3.63, 3.8) is 0 Å². The van der Waals surface area contributed by atoms with Gasteiger partial charge in [-0.25, -0.2) is 0 Å². The lowest BCUT2D eigenvalue weighted by molar-refractivity contribution is 0.679. The van der Waals surface area contributed by atoms with Crippen LogP contribution in [0.5, 0.6) is 0 Å². The van der Waals surface area contributed by atoms with Gasteiger partial charge in [-0.2, -0.15) is 0 Å². The largest absolute Gasteiger partial charge is 0.383 e. The zero-order valence-electron chi connectivity index (χ0n) is 7.59. The van der Waals surface area contributed by atoms with Crippen LogP contribution < -0.4 is 11.1 Å². The van der Waals surface area contributed by atoms with Crippen molar-refractivity contribution in [2.75, 3.05) is 11.9 Å². The number of fused-ring (bicyclic) bond motifs is 1. The van der Waals surface area contributed by atoms with Crippen LogP contribution in [0, 0.1) is 0 Å². The minimum Gasteiger partial charge on any atom is -0.383 e. The molecule has 1 aliphatic heterocycles. The first-order chi connectivity index (χ1) is 6.29. The first kappa shape index (κ1) is 8.32. The Hall–Kier alpha value is -1.28. The number of hydrogen-bond donors (Lipinski definition) is 2. The van der Waals surface area contributed by atoms with Gasteiger partial charge in [0.25, 0.3) is 0 Å². The second-order valence-electron chi connectivity index (χ2n) is 3.47. The third-order valence-corrected chi connectivity index (χ3v) is 2.40. The summed E-state index contributed by atoms with van der Waals surface area (Å²) in [4.78, 5) is 0. The zero-order chi connectivity index (χ0) is 9.26. The number of nitrogens with two attached hydrogens (primary N) is 1. The molecule has 1 heterocycles. The molecule has 0 unspecified atom stereocenters. The molecule has 2 heteroatoms. The van der Waals surface area contributed by atoms with Gasteiger partial charge in [-0.3, -0.25) is 0 Å². The van der Waals surface area contributed by atoms with Gasteiger partial charge in [0.2, 0.25) is 0 Å². The SMILES string of the molecule is C=Cc1ccc2c(c1)C[C@H](N)CN2. The Labute approximate surface area is 78.5 Å². The number of nitrogens with one attached hydrogen (secondary N) is 1. The van der Waals surface area contributed by atoms with E-state index in [1.54, 1.807) is 0 Å². The highest BCUT2D eigenvalue weighted by Crippen LogP contribution is 2.22. The molecule has 1 aromatic rings. The maximum Gasteiger partial charge on any atom is 0.0374 e. The number of anilines is 1. The summed E-state index contributed by atoms with van der Waals surface area (Å²) in [6.07, 6.45) is 2.82. The van der Waals surface area contributed by atoms with Gasteiger partial charge in [0.1, 0.15) is 0 Å². The maximum atomic E-state index is 5.85. The molecule has 0 spiro atoms. The topological polar surface area (TPSA) is 38.0 Å². The zero-order valence-corrected chi connectivity index (χ0v) is 7.59. The summed E-state index contributed by atoms with van der Waals surface area (Å²) in [7, 11) is 0. The number of benzene rings is 1. The van der Waals surface area contributed by atoms with Gasteiger partial charge in [0, 0.05) is 18.3 Å². The average molecular weight is 174 g/mol. The third kappa shape index (κ3) is 1.58.